The highest BCUT2D eigenvalue weighted by molar-refractivity contribution is 6.30. The fraction of sp³-hybridized carbons (Fsp3) is 0.133. The minimum absolute atomic E-state index is 0.100. The summed E-state index contributed by atoms with van der Waals surface area (Å²) in [5.41, 5.74) is -0.0919. The zero-order valence-corrected chi connectivity index (χ0v) is 12.4. The summed E-state index contributed by atoms with van der Waals surface area (Å²) < 4.78 is 39.9. The van der Waals surface area contributed by atoms with E-state index in [-0.39, 0.29) is 16.3 Å². The van der Waals surface area contributed by atoms with Crippen molar-refractivity contribution in [1.29, 1.82) is 0 Å². The number of rotatable bonds is 4. The Morgan fingerprint density at radius 2 is 1.87 bits per heavy atom. The SMILES string of the molecule is O=C(Nc1cc(F)ccc1F)NC(CO)c1ccc(Cl)c(F)c1. The minimum Gasteiger partial charge on any atom is -0.394 e. The molecule has 23 heavy (non-hydrogen) atoms. The molecule has 0 aromatic heterocycles. The summed E-state index contributed by atoms with van der Waals surface area (Å²) in [5, 5.41) is 13.7. The second-order valence-corrected chi connectivity index (χ2v) is 5.04. The maximum Gasteiger partial charge on any atom is 0.319 e. The molecular weight excluding hydrogens is 333 g/mol. The van der Waals surface area contributed by atoms with Gasteiger partial charge in [0, 0.05) is 6.07 Å². The predicted octanol–water partition coefficient (Wildman–Crippen LogP) is 3.61. The average molecular weight is 345 g/mol. The quantitative estimate of drug-likeness (QED) is 0.793. The van der Waals surface area contributed by atoms with E-state index in [2.05, 4.69) is 10.6 Å². The van der Waals surface area contributed by atoms with Crippen molar-refractivity contribution in [2.45, 2.75) is 6.04 Å². The lowest BCUT2D eigenvalue weighted by Crippen LogP contribution is -2.34. The minimum atomic E-state index is -0.946. The maximum absolute atomic E-state index is 13.4. The number of carbonyl (C=O) groups is 1. The van der Waals surface area contributed by atoms with E-state index in [1.54, 1.807) is 0 Å². The van der Waals surface area contributed by atoms with Crippen molar-refractivity contribution in [2.24, 2.45) is 0 Å². The Kier molecular flexibility index (Phi) is 5.46. The Morgan fingerprint density at radius 1 is 1.13 bits per heavy atom. The third kappa shape index (κ3) is 4.37. The van der Waals surface area contributed by atoms with E-state index in [0.29, 0.717) is 0 Å². The van der Waals surface area contributed by atoms with Crippen molar-refractivity contribution in [3.05, 3.63) is 64.4 Å². The highest BCUT2D eigenvalue weighted by atomic mass is 35.5. The van der Waals surface area contributed by atoms with E-state index in [0.717, 1.165) is 24.3 Å². The van der Waals surface area contributed by atoms with Crippen molar-refractivity contribution < 1.29 is 23.1 Å². The van der Waals surface area contributed by atoms with Crippen LogP contribution in [0.1, 0.15) is 11.6 Å². The number of benzene rings is 2. The number of nitrogens with one attached hydrogen (secondary N) is 2. The normalized spacial score (nSPS) is 11.9. The number of aliphatic hydroxyl groups is 1. The van der Waals surface area contributed by atoms with E-state index in [4.69, 9.17) is 11.6 Å². The Labute approximate surface area is 134 Å². The van der Waals surface area contributed by atoms with Crippen molar-refractivity contribution >= 4 is 23.3 Å². The van der Waals surface area contributed by atoms with E-state index in [9.17, 15) is 23.1 Å². The van der Waals surface area contributed by atoms with Crippen LogP contribution in [0.25, 0.3) is 0 Å². The molecule has 2 amide bonds. The van der Waals surface area contributed by atoms with Gasteiger partial charge in [0.2, 0.25) is 0 Å². The first-order valence-corrected chi connectivity index (χ1v) is 6.87. The number of aliphatic hydroxyl groups excluding tert-OH is 1. The summed E-state index contributed by atoms with van der Waals surface area (Å²) in [6.45, 7) is -0.528. The van der Waals surface area contributed by atoms with Gasteiger partial charge in [0.25, 0.3) is 0 Å². The summed E-state index contributed by atoms with van der Waals surface area (Å²) in [4.78, 5) is 11.8. The molecule has 1 atom stereocenters. The molecule has 2 aromatic carbocycles. The number of amides is 2. The molecule has 0 aliphatic carbocycles. The molecule has 4 nitrogen and oxygen atoms in total. The number of hydrogen-bond donors (Lipinski definition) is 3. The lowest BCUT2D eigenvalue weighted by Gasteiger charge is -2.17. The van der Waals surface area contributed by atoms with Gasteiger partial charge in [0.05, 0.1) is 23.4 Å². The highest BCUT2D eigenvalue weighted by Crippen LogP contribution is 2.21. The predicted molar refractivity (Wildman–Crippen MR) is 79.7 cm³/mol. The standard InChI is InChI=1S/C15H12ClF3N2O2/c16-10-3-1-8(5-12(10)19)14(7-22)21-15(23)20-13-6-9(17)2-4-11(13)18/h1-6,14,22H,7H2,(H2,20,21,23). The molecule has 2 aromatic rings. The second kappa shape index (κ2) is 7.34. The lowest BCUT2D eigenvalue weighted by molar-refractivity contribution is 0.225. The van der Waals surface area contributed by atoms with Gasteiger partial charge < -0.3 is 15.7 Å². The van der Waals surface area contributed by atoms with Crippen LogP contribution in [0.4, 0.5) is 23.7 Å². The van der Waals surface area contributed by atoms with Crippen LogP contribution in [0.3, 0.4) is 0 Å². The van der Waals surface area contributed by atoms with Gasteiger partial charge in [-0.25, -0.2) is 18.0 Å². The van der Waals surface area contributed by atoms with Crippen LogP contribution in [-0.2, 0) is 0 Å². The van der Waals surface area contributed by atoms with Crippen LogP contribution >= 0.6 is 11.6 Å². The van der Waals surface area contributed by atoms with Crippen LogP contribution in [0.5, 0.6) is 0 Å². The Hall–Kier alpha value is -2.25. The fourth-order valence-electron chi connectivity index (χ4n) is 1.87. The number of hydrogen-bond acceptors (Lipinski definition) is 2. The van der Waals surface area contributed by atoms with Crippen LogP contribution < -0.4 is 10.6 Å². The molecule has 0 spiro atoms. The molecular formula is C15H12ClF3N2O2. The molecule has 0 aliphatic heterocycles. The maximum atomic E-state index is 13.4. The Bertz CT molecular complexity index is 728. The van der Waals surface area contributed by atoms with Gasteiger partial charge in [-0.2, -0.15) is 0 Å². The van der Waals surface area contributed by atoms with E-state index >= 15 is 0 Å². The number of carbonyl (C=O) groups excluding carboxylic acids is 1. The highest BCUT2D eigenvalue weighted by Gasteiger charge is 2.16. The van der Waals surface area contributed by atoms with Gasteiger partial charge in [-0.15, -0.1) is 0 Å². The molecule has 2 rings (SSSR count). The number of anilines is 1. The summed E-state index contributed by atoms with van der Waals surface area (Å²) in [7, 11) is 0. The molecule has 0 radical (unpaired) electrons. The molecule has 0 aliphatic rings. The summed E-state index contributed by atoms with van der Waals surface area (Å²) >= 11 is 5.56. The van der Waals surface area contributed by atoms with Gasteiger partial charge in [-0.1, -0.05) is 17.7 Å². The largest absolute Gasteiger partial charge is 0.394 e. The van der Waals surface area contributed by atoms with Gasteiger partial charge in [0.1, 0.15) is 17.5 Å². The molecule has 0 fully saturated rings. The Balaban J connectivity index is 2.10. The molecule has 3 N–H and O–H groups in total. The van der Waals surface area contributed by atoms with Crippen molar-refractivity contribution in [3.63, 3.8) is 0 Å². The molecule has 1 unspecified atom stereocenters. The molecule has 8 heteroatoms. The monoisotopic (exact) mass is 344 g/mol. The van der Waals surface area contributed by atoms with E-state index < -0.39 is 36.1 Å². The third-order valence-electron chi connectivity index (χ3n) is 3.01. The summed E-state index contributed by atoms with van der Waals surface area (Å²) in [6, 6.07) is 4.52. The number of urea groups is 1. The Morgan fingerprint density at radius 3 is 2.52 bits per heavy atom. The van der Waals surface area contributed by atoms with Gasteiger partial charge in [-0.05, 0) is 29.8 Å². The van der Waals surface area contributed by atoms with Crippen LogP contribution in [0.15, 0.2) is 36.4 Å². The lowest BCUT2D eigenvalue weighted by atomic mass is 10.1. The third-order valence-corrected chi connectivity index (χ3v) is 3.32. The van der Waals surface area contributed by atoms with Gasteiger partial charge in [0.15, 0.2) is 0 Å². The summed E-state index contributed by atoms with van der Waals surface area (Å²) in [5.74, 6) is -2.25. The van der Waals surface area contributed by atoms with Crippen molar-refractivity contribution in [1.82, 2.24) is 5.32 Å². The molecule has 0 saturated carbocycles. The first-order valence-electron chi connectivity index (χ1n) is 6.49. The second-order valence-electron chi connectivity index (χ2n) is 4.63. The first-order chi connectivity index (χ1) is 10.9. The molecule has 0 heterocycles. The topological polar surface area (TPSA) is 61.4 Å². The smallest absolute Gasteiger partial charge is 0.319 e. The first kappa shape index (κ1) is 17.1. The van der Waals surface area contributed by atoms with Crippen LogP contribution in [-0.4, -0.2) is 17.7 Å². The fourth-order valence-corrected chi connectivity index (χ4v) is 1.99. The summed E-state index contributed by atoms with van der Waals surface area (Å²) in [6.07, 6.45) is 0. The average Bonchev–Trinajstić information content (AvgIpc) is 2.51. The van der Waals surface area contributed by atoms with E-state index in [1.165, 1.54) is 12.1 Å². The van der Waals surface area contributed by atoms with Gasteiger partial charge in [-0.3, -0.25) is 0 Å². The van der Waals surface area contributed by atoms with Crippen molar-refractivity contribution in [2.75, 3.05) is 11.9 Å². The van der Waals surface area contributed by atoms with Crippen molar-refractivity contribution in [3.8, 4) is 0 Å². The molecule has 0 bridgehead atoms. The van der Waals surface area contributed by atoms with Gasteiger partial charge >= 0.3 is 6.03 Å². The zero-order valence-electron chi connectivity index (χ0n) is 11.6. The molecule has 0 saturated heterocycles. The molecule has 122 valence electrons. The number of halogens is 4. The zero-order chi connectivity index (χ0) is 17.0. The van der Waals surface area contributed by atoms with Crippen LogP contribution in [0, 0.1) is 17.5 Å². The van der Waals surface area contributed by atoms with E-state index in [1.807, 2.05) is 0 Å². The van der Waals surface area contributed by atoms with Crippen LogP contribution in [0.2, 0.25) is 5.02 Å².